The average molecular weight is 312 g/mol. The SMILES string of the molecule is CC(O)c1cc(Br)cc([N+](=O)[O-])c1OC(F)F. The van der Waals surface area contributed by atoms with Gasteiger partial charge in [0.1, 0.15) is 0 Å². The molecule has 0 spiro atoms. The van der Waals surface area contributed by atoms with Crippen LogP contribution in [0, 0.1) is 10.1 Å². The molecule has 94 valence electrons. The molecule has 5 nitrogen and oxygen atoms in total. The zero-order chi connectivity index (χ0) is 13.2. The summed E-state index contributed by atoms with van der Waals surface area (Å²) in [6, 6.07) is 2.32. The highest BCUT2D eigenvalue weighted by atomic mass is 79.9. The molecule has 0 saturated carbocycles. The molecule has 0 radical (unpaired) electrons. The number of halogens is 3. The van der Waals surface area contributed by atoms with E-state index in [-0.39, 0.29) is 5.56 Å². The number of rotatable bonds is 4. The maximum atomic E-state index is 12.2. The topological polar surface area (TPSA) is 72.6 Å². The van der Waals surface area contributed by atoms with Crippen molar-refractivity contribution in [3.63, 3.8) is 0 Å². The monoisotopic (exact) mass is 311 g/mol. The van der Waals surface area contributed by atoms with Crippen LogP contribution in [-0.4, -0.2) is 16.6 Å². The number of nitrogens with zero attached hydrogens (tertiary/aromatic N) is 1. The predicted octanol–water partition coefficient (Wildman–Crippen LogP) is 3.01. The lowest BCUT2D eigenvalue weighted by Gasteiger charge is -2.13. The van der Waals surface area contributed by atoms with Gasteiger partial charge >= 0.3 is 12.3 Å². The van der Waals surface area contributed by atoms with E-state index >= 15 is 0 Å². The molecule has 0 aliphatic carbocycles. The smallest absolute Gasteiger partial charge is 0.387 e. The van der Waals surface area contributed by atoms with E-state index in [4.69, 9.17) is 0 Å². The molecular weight excluding hydrogens is 304 g/mol. The average Bonchev–Trinajstić information content (AvgIpc) is 2.18. The Morgan fingerprint density at radius 3 is 2.53 bits per heavy atom. The maximum Gasteiger partial charge on any atom is 0.387 e. The number of aliphatic hydroxyl groups is 1. The zero-order valence-corrected chi connectivity index (χ0v) is 10.1. The first-order valence-corrected chi connectivity index (χ1v) is 5.23. The summed E-state index contributed by atoms with van der Waals surface area (Å²) in [6.07, 6.45) is -1.17. The lowest BCUT2D eigenvalue weighted by Crippen LogP contribution is -2.08. The Labute approximate surface area is 103 Å². The molecule has 0 amide bonds. The second kappa shape index (κ2) is 5.37. The highest BCUT2D eigenvalue weighted by Crippen LogP contribution is 2.38. The summed E-state index contributed by atoms with van der Waals surface area (Å²) >= 11 is 2.99. The molecule has 0 bridgehead atoms. The Morgan fingerprint density at radius 2 is 2.12 bits per heavy atom. The fraction of sp³-hybridized carbons (Fsp3) is 0.333. The van der Waals surface area contributed by atoms with E-state index in [0.29, 0.717) is 4.47 Å². The van der Waals surface area contributed by atoms with Crippen LogP contribution in [-0.2, 0) is 0 Å². The molecule has 0 aromatic heterocycles. The van der Waals surface area contributed by atoms with Crippen molar-refractivity contribution in [1.82, 2.24) is 0 Å². The number of nitro benzene ring substituents is 1. The normalized spacial score (nSPS) is 12.6. The molecule has 1 aromatic rings. The third-order valence-electron chi connectivity index (χ3n) is 1.92. The number of nitro groups is 1. The van der Waals surface area contributed by atoms with Crippen LogP contribution in [0.4, 0.5) is 14.5 Å². The van der Waals surface area contributed by atoms with Crippen molar-refractivity contribution in [3.8, 4) is 5.75 Å². The molecule has 0 heterocycles. The van der Waals surface area contributed by atoms with Gasteiger partial charge in [-0.3, -0.25) is 10.1 Å². The van der Waals surface area contributed by atoms with E-state index in [1.54, 1.807) is 0 Å². The second-order valence-electron chi connectivity index (χ2n) is 3.15. The summed E-state index contributed by atoms with van der Waals surface area (Å²) in [5.74, 6) is -0.622. The predicted molar refractivity (Wildman–Crippen MR) is 58.1 cm³/mol. The molecule has 1 N–H and O–H groups in total. The Balaban J connectivity index is 3.41. The number of benzene rings is 1. The summed E-state index contributed by atoms with van der Waals surface area (Å²) in [4.78, 5) is 9.86. The van der Waals surface area contributed by atoms with Crippen LogP contribution in [0.25, 0.3) is 0 Å². The molecule has 1 atom stereocenters. The fourth-order valence-electron chi connectivity index (χ4n) is 1.26. The van der Waals surface area contributed by atoms with E-state index in [1.807, 2.05) is 0 Å². The molecule has 8 heteroatoms. The van der Waals surface area contributed by atoms with Gasteiger partial charge < -0.3 is 9.84 Å². The van der Waals surface area contributed by atoms with Gasteiger partial charge in [-0.25, -0.2) is 0 Å². The third-order valence-corrected chi connectivity index (χ3v) is 2.37. The summed E-state index contributed by atoms with van der Waals surface area (Å²) in [5, 5.41) is 20.1. The molecule has 1 aromatic carbocycles. The molecule has 0 aliphatic heterocycles. The Kier molecular flexibility index (Phi) is 4.35. The zero-order valence-electron chi connectivity index (χ0n) is 8.56. The van der Waals surface area contributed by atoms with E-state index in [1.165, 1.54) is 13.0 Å². The van der Waals surface area contributed by atoms with Crippen molar-refractivity contribution in [2.75, 3.05) is 0 Å². The maximum absolute atomic E-state index is 12.2. The Morgan fingerprint density at radius 1 is 1.53 bits per heavy atom. The highest BCUT2D eigenvalue weighted by Gasteiger charge is 2.25. The number of hydrogen-bond donors (Lipinski definition) is 1. The van der Waals surface area contributed by atoms with Gasteiger partial charge in [0.25, 0.3) is 0 Å². The van der Waals surface area contributed by atoms with Crippen LogP contribution in [0.15, 0.2) is 16.6 Å². The van der Waals surface area contributed by atoms with Gasteiger partial charge in [-0.2, -0.15) is 8.78 Å². The van der Waals surface area contributed by atoms with Crippen LogP contribution in [0.5, 0.6) is 5.75 Å². The standard InChI is InChI=1S/C9H8BrF2NO4/c1-4(14)6-2-5(10)3-7(13(15)16)8(6)17-9(11)12/h2-4,9,14H,1H3. The molecule has 1 rings (SSSR count). The summed E-state index contributed by atoms with van der Waals surface area (Å²) < 4.78 is 28.7. The first-order chi connectivity index (χ1) is 7.82. The number of ether oxygens (including phenoxy) is 1. The number of hydrogen-bond acceptors (Lipinski definition) is 4. The summed E-state index contributed by atoms with van der Waals surface area (Å²) in [7, 11) is 0. The van der Waals surface area contributed by atoms with Gasteiger partial charge in [-0.15, -0.1) is 0 Å². The minimum Gasteiger partial charge on any atom is -0.427 e. The molecule has 0 fully saturated rings. The summed E-state index contributed by atoms with van der Waals surface area (Å²) in [5.41, 5.74) is -0.707. The molecule has 0 aliphatic rings. The van der Waals surface area contributed by atoms with Crippen LogP contribution >= 0.6 is 15.9 Å². The van der Waals surface area contributed by atoms with Crippen LogP contribution < -0.4 is 4.74 Å². The molecule has 1 unspecified atom stereocenters. The van der Waals surface area contributed by atoms with Crippen molar-refractivity contribution in [2.24, 2.45) is 0 Å². The Hall–Kier alpha value is -1.28. The molecular formula is C9H8BrF2NO4. The van der Waals surface area contributed by atoms with E-state index in [2.05, 4.69) is 20.7 Å². The van der Waals surface area contributed by atoms with E-state index in [0.717, 1.165) is 6.07 Å². The first-order valence-electron chi connectivity index (χ1n) is 4.43. The highest BCUT2D eigenvalue weighted by molar-refractivity contribution is 9.10. The second-order valence-corrected chi connectivity index (χ2v) is 4.07. The van der Waals surface area contributed by atoms with Gasteiger partial charge in [0, 0.05) is 16.1 Å². The van der Waals surface area contributed by atoms with Crippen LogP contribution in [0.2, 0.25) is 0 Å². The van der Waals surface area contributed by atoms with Crippen molar-refractivity contribution in [1.29, 1.82) is 0 Å². The van der Waals surface area contributed by atoms with Crippen molar-refractivity contribution < 1.29 is 23.5 Å². The van der Waals surface area contributed by atoms with Crippen molar-refractivity contribution >= 4 is 21.6 Å². The van der Waals surface area contributed by atoms with Crippen LogP contribution in [0.3, 0.4) is 0 Å². The first kappa shape index (κ1) is 13.8. The number of alkyl halides is 2. The lowest BCUT2D eigenvalue weighted by atomic mass is 10.1. The van der Waals surface area contributed by atoms with Crippen molar-refractivity contribution in [3.05, 3.63) is 32.3 Å². The van der Waals surface area contributed by atoms with Gasteiger partial charge in [0.2, 0.25) is 5.75 Å². The molecule has 0 saturated heterocycles. The minimum atomic E-state index is -3.20. The fourth-order valence-corrected chi connectivity index (χ4v) is 1.73. The van der Waals surface area contributed by atoms with Crippen LogP contribution in [0.1, 0.15) is 18.6 Å². The Bertz CT molecular complexity index is 439. The van der Waals surface area contributed by atoms with Crippen molar-refractivity contribution in [2.45, 2.75) is 19.6 Å². The lowest BCUT2D eigenvalue weighted by molar-refractivity contribution is -0.386. The summed E-state index contributed by atoms with van der Waals surface area (Å²) in [6.45, 7) is -1.91. The van der Waals surface area contributed by atoms with E-state index in [9.17, 15) is 24.0 Å². The number of aliphatic hydroxyl groups excluding tert-OH is 1. The molecule has 17 heavy (non-hydrogen) atoms. The van der Waals surface area contributed by atoms with Gasteiger partial charge in [0.15, 0.2) is 0 Å². The van der Waals surface area contributed by atoms with E-state index < -0.39 is 29.1 Å². The van der Waals surface area contributed by atoms with Gasteiger partial charge in [0.05, 0.1) is 11.0 Å². The minimum absolute atomic E-state index is 0.0774. The van der Waals surface area contributed by atoms with Gasteiger partial charge in [-0.05, 0) is 13.0 Å². The quantitative estimate of drug-likeness (QED) is 0.685. The largest absolute Gasteiger partial charge is 0.427 e. The third kappa shape index (κ3) is 3.34. The van der Waals surface area contributed by atoms with Gasteiger partial charge in [-0.1, -0.05) is 15.9 Å².